The number of ether oxygens (including phenoxy) is 2. The largest absolute Gasteiger partial charge is 0.352 e. The number of hydrogen-bond acceptors (Lipinski definition) is 4. The highest BCUT2D eigenvalue weighted by Crippen LogP contribution is 2.70. The van der Waals surface area contributed by atoms with Gasteiger partial charge in [-0.05, 0) is 106 Å². The molecule has 11 atom stereocenters. The third-order valence-corrected chi connectivity index (χ3v) is 12.2. The predicted molar refractivity (Wildman–Crippen MR) is 142 cm³/mol. The first-order valence-electron chi connectivity index (χ1n) is 15.0. The molecule has 0 aromatic rings. The predicted octanol–water partition coefficient (Wildman–Crippen LogP) is 5.40. The minimum atomic E-state index is -0.312. The molecule has 1 spiro atoms. The summed E-state index contributed by atoms with van der Waals surface area (Å²) >= 11 is 0. The van der Waals surface area contributed by atoms with Crippen molar-refractivity contribution >= 4 is 5.91 Å². The second kappa shape index (κ2) is 8.81. The normalized spacial score (nSPS) is 51.8. The third kappa shape index (κ3) is 3.77. The lowest BCUT2D eigenvalue weighted by molar-refractivity contribution is -0.272. The smallest absolute Gasteiger partial charge is 0.234 e. The van der Waals surface area contributed by atoms with Crippen LogP contribution >= 0.6 is 0 Å². The average Bonchev–Trinajstić information content (AvgIpc) is 3.26. The molecule has 2 aliphatic heterocycles. The van der Waals surface area contributed by atoms with Crippen LogP contribution in [0.25, 0.3) is 0 Å². The van der Waals surface area contributed by atoms with Crippen LogP contribution in [0.15, 0.2) is 11.6 Å². The quantitative estimate of drug-likeness (QED) is 0.530. The standard InChI is InChI=1S/C31H50N2O3/c1-19-9-14-31(35-18-19)20(2)28-26(36-31)16-25-23-8-7-21-15-22(32-27(34)17-33(5)6)10-12-29(21,3)24(23)11-13-30(25,28)4/h7,19-20,22-26,28H,8-18H2,1-6H3,(H,32,34)/t19-,20+,22+,23-,24+,25+,26+,28+,29+,30+,31-/m1/s1. The van der Waals surface area contributed by atoms with E-state index in [1.807, 2.05) is 19.0 Å². The summed E-state index contributed by atoms with van der Waals surface area (Å²) in [5.41, 5.74) is 2.32. The van der Waals surface area contributed by atoms with Gasteiger partial charge in [0.1, 0.15) is 0 Å². The maximum absolute atomic E-state index is 12.4. The third-order valence-electron chi connectivity index (χ3n) is 12.2. The van der Waals surface area contributed by atoms with E-state index < -0.39 is 0 Å². The van der Waals surface area contributed by atoms with Crippen molar-refractivity contribution in [1.82, 2.24) is 10.2 Å². The average molecular weight is 499 g/mol. The van der Waals surface area contributed by atoms with Crippen LogP contribution in [-0.2, 0) is 14.3 Å². The van der Waals surface area contributed by atoms with Crippen molar-refractivity contribution in [3.05, 3.63) is 11.6 Å². The van der Waals surface area contributed by atoms with Crippen LogP contribution in [0.3, 0.4) is 0 Å². The summed E-state index contributed by atoms with van der Waals surface area (Å²) in [4.78, 5) is 14.4. The number of rotatable bonds is 3. The highest BCUT2D eigenvalue weighted by molar-refractivity contribution is 5.78. The van der Waals surface area contributed by atoms with Gasteiger partial charge in [-0.25, -0.2) is 0 Å². The van der Waals surface area contributed by atoms with Crippen LogP contribution in [0.4, 0.5) is 0 Å². The molecular weight excluding hydrogens is 448 g/mol. The van der Waals surface area contributed by atoms with Crippen LogP contribution in [-0.4, -0.2) is 56.0 Å². The van der Waals surface area contributed by atoms with Crippen LogP contribution in [0.2, 0.25) is 0 Å². The van der Waals surface area contributed by atoms with Gasteiger partial charge in [0.05, 0.1) is 19.3 Å². The Hall–Kier alpha value is -0.910. The van der Waals surface area contributed by atoms with Gasteiger partial charge >= 0.3 is 0 Å². The summed E-state index contributed by atoms with van der Waals surface area (Å²) in [6, 6.07) is 0.302. The van der Waals surface area contributed by atoms with Crippen LogP contribution in [0.5, 0.6) is 0 Å². The lowest BCUT2D eigenvalue weighted by Crippen LogP contribution is -2.53. The summed E-state index contributed by atoms with van der Waals surface area (Å²) in [6.45, 7) is 11.3. The molecule has 5 nitrogen and oxygen atoms in total. The number of nitrogens with zero attached hydrogens (tertiary/aromatic N) is 1. The SMILES string of the molecule is C[C@@H]1CC[C@@]2(OC1)O[C@H]1C[C@H]3[C@@H]4CC=C5C[C@@H](NC(=O)CN(C)C)CC[C@]5(C)[C@H]4CC[C@]3(C)[C@H]1[C@@H]2C. The molecule has 36 heavy (non-hydrogen) atoms. The molecular formula is C31H50N2O3. The van der Waals surface area contributed by atoms with Crippen LogP contribution in [0.1, 0.15) is 85.5 Å². The van der Waals surface area contributed by atoms with Gasteiger partial charge in [0.2, 0.25) is 5.91 Å². The van der Waals surface area contributed by atoms with Gasteiger partial charge in [-0.2, -0.15) is 0 Å². The molecule has 0 radical (unpaired) electrons. The van der Waals surface area contributed by atoms with Crippen molar-refractivity contribution in [3.8, 4) is 0 Å². The Kier molecular flexibility index (Phi) is 6.21. The number of carbonyl (C=O) groups excluding carboxylic acids is 1. The Morgan fingerprint density at radius 2 is 1.92 bits per heavy atom. The van der Waals surface area contributed by atoms with Gasteiger partial charge in [0.15, 0.2) is 5.79 Å². The Bertz CT molecular complexity index is 907. The molecule has 202 valence electrons. The summed E-state index contributed by atoms with van der Waals surface area (Å²) in [7, 11) is 3.92. The fraction of sp³-hybridized carbons (Fsp3) is 0.903. The lowest BCUT2D eigenvalue weighted by atomic mass is 9.46. The molecule has 0 aromatic carbocycles. The number of fused-ring (bicyclic) bond motifs is 7. The maximum Gasteiger partial charge on any atom is 0.234 e. The van der Waals surface area contributed by atoms with Gasteiger partial charge in [-0.1, -0.05) is 39.3 Å². The fourth-order valence-electron chi connectivity index (χ4n) is 10.4. The van der Waals surface area contributed by atoms with E-state index >= 15 is 0 Å². The van der Waals surface area contributed by atoms with Crippen molar-refractivity contribution in [3.63, 3.8) is 0 Å². The second-order valence-electron chi connectivity index (χ2n) is 14.5. The molecule has 4 aliphatic carbocycles. The number of likely N-dealkylation sites (N-methyl/N-ethyl adjacent to an activating group) is 1. The zero-order valence-corrected chi connectivity index (χ0v) is 23.6. The van der Waals surface area contributed by atoms with E-state index in [2.05, 4.69) is 39.1 Å². The summed E-state index contributed by atoms with van der Waals surface area (Å²) in [6.07, 6.45) is 13.8. The number of amides is 1. The van der Waals surface area contributed by atoms with Gasteiger partial charge in [0.25, 0.3) is 0 Å². The number of nitrogens with one attached hydrogen (secondary N) is 1. The van der Waals surface area contributed by atoms with E-state index in [0.29, 0.717) is 47.3 Å². The zero-order chi connectivity index (χ0) is 25.5. The van der Waals surface area contributed by atoms with Crippen molar-refractivity contribution in [2.45, 2.75) is 103 Å². The minimum Gasteiger partial charge on any atom is -0.352 e. The Morgan fingerprint density at radius 3 is 2.64 bits per heavy atom. The fourth-order valence-corrected chi connectivity index (χ4v) is 10.4. The van der Waals surface area contributed by atoms with Gasteiger partial charge in [0, 0.05) is 18.4 Å². The van der Waals surface area contributed by atoms with E-state index in [0.717, 1.165) is 43.6 Å². The molecule has 1 N–H and O–H groups in total. The van der Waals surface area contributed by atoms with Crippen LogP contribution < -0.4 is 5.32 Å². The van der Waals surface area contributed by atoms with E-state index in [1.165, 1.54) is 38.5 Å². The van der Waals surface area contributed by atoms with Crippen molar-refractivity contribution < 1.29 is 14.3 Å². The number of allylic oxidation sites excluding steroid dienone is 1. The minimum absolute atomic E-state index is 0.164. The first kappa shape index (κ1) is 25.4. The first-order chi connectivity index (χ1) is 17.1. The van der Waals surface area contributed by atoms with Crippen molar-refractivity contribution in [1.29, 1.82) is 0 Å². The zero-order valence-electron chi connectivity index (χ0n) is 23.6. The highest BCUT2D eigenvalue weighted by Gasteiger charge is 2.68. The molecule has 3 saturated carbocycles. The van der Waals surface area contributed by atoms with Gasteiger partial charge in [-0.3, -0.25) is 4.79 Å². The molecule has 5 heteroatoms. The molecule has 2 saturated heterocycles. The lowest BCUT2D eigenvalue weighted by Gasteiger charge is -2.58. The van der Waals surface area contributed by atoms with Crippen molar-refractivity contribution in [2.24, 2.45) is 46.3 Å². The maximum atomic E-state index is 12.4. The monoisotopic (exact) mass is 498 g/mol. The summed E-state index contributed by atoms with van der Waals surface area (Å²) < 4.78 is 13.4. The van der Waals surface area contributed by atoms with Crippen molar-refractivity contribution in [2.75, 3.05) is 27.2 Å². The second-order valence-corrected chi connectivity index (χ2v) is 14.5. The molecule has 6 aliphatic rings. The molecule has 0 unspecified atom stereocenters. The summed E-state index contributed by atoms with van der Waals surface area (Å²) in [5, 5.41) is 3.33. The van der Waals surface area contributed by atoms with E-state index in [9.17, 15) is 4.79 Å². The van der Waals surface area contributed by atoms with E-state index in [1.54, 1.807) is 5.57 Å². The first-order valence-corrected chi connectivity index (χ1v) is 15.0. The number of carbonyl (C=O) groups is 1. The highest BCUT2D eigenvalue weighted by atomic mass is 16.7. The van der Waals surface area contributed by atoms with Gasteiger partial charge in [-0.15, -0.1) is 0 Å². The van der Waals surface area contributed by atoms with Crippen LogP contribution in [0, 0.1) is 46.3 Å². The van der Waals surface area contributed by atoms with E-state index in [-0.39, 0.29) is 11.7 Å². The van der Waals surface area contributed by atoms with Gasteiger partial charge < -0.3 is 19.7 Å². The topological polar surface area (TPSA) is 50.8 Å². The van der Waals surface area contributed by atoms with E-state index in [4.69, 9.17) is 9.47 Å². The molecule has 5 fully saturated rings. The molecule has 2 heterocycles. The molecule has 6 rings (SSSR count). The summed E-state index contributed by atoms with van der Waals surface area (Å²) in [5.74, 6) is 3.97. The molecule has 1 amide bonds. The Balaban J connectivity index is 1.18. The molecule has 0 aromatic heterocycles. The Labute approximate surface area is 219 Å². The Morgan fingerprint density at radius 1 is 1.11 bits per heavy atom. The molecule has 0 bridgehead atoms. The number of hydrogen-bond donors (Lipinski definition) is 1.